The molecule has 0 N–H and O–H groups in total. The number of hydrogen-bond donors (Lipinski definition) is 0. The number of hydrogen-bond acceptors (Lipinski definition) is 3. The van der Waals surface area contributed by atoms with Crippen LogP contribution >= 0.6 is 27.5 Å². The van der Waals surface area contributed by atoms with E-state index in [0.29, 0.717) is 9.64 Å². The Morgan fingerprint density at radius 3 is 3.07 bits per heavy atom. The summed E-state index contributed by atoms with van der Waals surface area (Å²) in [7, 11) is -1.13. The summed E-state index contributed by atoms with van der Waals surface area (Å²) in [4.78, 5) is 5.69. The largest absolute Gasteiger partial charge is 0.318 e. The van der Waals surface area contributed by atoms with Gasteiger partial charge in [0.25, 0.3) is 0 Å². The molecule has 0 saturated heterocycles. The van der Waals surface area contributed by atoms with Crippen LogP contribution in [0.5, 0.6) is 0 Å². The Morgan fingerprint density at radius 1 is 1.93 bits per heavy atom. The highest BCUT2D eigenvalue weighted by atomic mass is 79.9. The van der Waals surface area contributed by atoms with Crippen molar-refractivity contribution in [3.05, 3.63) is 9.64 Å². The number of rotatable bonds is 2. The van der Waals surface area contributed by atoms with Crippen molar-refractivity contribution in [2.75, 3.05) is 12.8 Å². The first-order chi connectivity index (χ1) is 6.57. The molecular weight excluding hydrogens is 288 g/mol. The zero-order chi connectivity index (χ0) is 10.7. The van der Waals surface area contributed by atoms with Crippen LogP contribution in [0.1, 0.15) is 0 Å². The van der Waals surface area contributed by atoms with E-state index >= 15 is 0 Å². The van der Waals surface area contributed by atoms with E-state index in [4.69, 9.17) is 18.0 Å². The lowest BCUT2D eigenvalue weighted by molar-refractivity contribution is 0.381. The molecule has 0 aliphatic carbocycles. The molecule has 0 bridgehead atoms. The average Bonchev–Trinajstić information content (AvgIpc) is 2.13. The highest BCUT2D eigenvalue weighted by molar-refractivity contribution is 9.12. The summed E-state index contributed by atoms with van der Waals surface area (Å²) in [5.74, 6) is 2.45. The zero-order valence-corrected chi connectivity index (χ0v) is 10.6. The third-order valence-corrected chi connectivity index (χ3v) is 3.79. The lowest BCUT2D eigenvalue weighted by Crippen LogP contribution is -2.37. The molecule has 3 nitrogen and oxygen atoms in total. The molecule has 14 heavy (non-hydrogen) atoms. The Kier molecular flexibility index (Phi) is 4.17. The van der Waals surface area contributed by atoms with Gasteiger partial charge in [-0.25, -0.2) is 0 Å². The molecule has 1 heterocycles. The maximum atomic E-state index is 11.3. The molecule has 0 aromatic carbocycles. The van der Waals surface area contributed by atoms with E-state index in [-0.39, 0.29) is 6.54 Å². The SMILES string of the molecule is C#CCN1C(Cl)=C(Br)C=NC1S(C)=O. The smallest absolute Gasteiger partial charge is 0.198 e. The van der Waals surface area contributed by atoms with Gasteiger partial charge < -0.3 is 4.90 Å². The van der Waals surface area contributed by atoms with Gasteiger partial charge in [-0.15, -0.1) is 6.42 Å². The second-order valence-corrected chi connectivity index (χ2v) is 5.21. The van der Waals surface area contributed by atoms with Crippen LogP contribution in [0.3, 0.4) is 0 Å². The lowest BCUT2D eigenvalue weighted by Gasteiger charge is -2.29. The highest BCUT2D eigenvalue weighted by Crippen LogP contribution is 2.26. The van der Waals surface area contributed by atoms with Gasteiger partial charge in [-0.05, 0) is 15.9 Å². The van der Waals surface area contributed by atoms with Crippen molar-refractivity contribution in [1.82, 2.24) is 4.90 Å². The van der Waals surface area contributed by atoms with E-state index in [9.17, 15) is 4.21 Å². The molecule has 0 aromatic heterocycles. The zero-order valence-electron chi connectivity index (χ0n) is 7.41. The standard InChI is InChI=1S/C8H8BrClN2OS/c1-3-4-12-7(10)6(9)5-11-8(12)14(2)13/h1,5,8H,4H2,2H3. The normalized spacial score (nSPS) is 23.6. The predicted molar refractivity (Wildman–Crippen MR) is 63.7 cm³/mol. The summed E-state index contributed by atoms with van der Waals surface area (Å²) < 4.78 is 12.0. The van der Waals surface area contributed by atoms with Crippen LogP contribution in [0.15, 0.2) is 14.6 Å². The lowest BCUT2D eigenvalue weighted by atomic mass is 10.5. The Bertz CT molecular complexity index is 361. The Hall–Kier alpha value is -0.310. The summed E-state index contributed by atoms with van der Waals surface area (Å²) in [6.45, 7) is 0.287. The van der Waals surface area contributed by atoms with Gasteiger partial charge in [0.05, 0.1) is 21.8 Å². The van der Waals surface area contributed by atoms with Gasteiger partial charge in [-0.3, -0.25) is 9.20 Å². The van der Waals surface area contributed by atoms with Crippen molar-refractivity contribution >= 4 is 44.5 Å². The van der Waals surface area contributed by atoms with Gasteiger partial charge in [0.1, 0.15) is 5.16 Å². The summed E-state index contributed by atoms with van der Waals surface area (Å²) in [5, 5.41) is 0.443. The van der Waals surface area contributed by atoms with Crippen molar-refractivity contribution in [3.8, 4) is 12.3 Å². The fraction of sp³-hybridized carbons (Fsp3) is 0.375. The van der Waals surface area contributed by atoms with Gasteiger partial charge >= 0.3 is 0 Å². The minimum Gasteiger partial charge on any atom is -0.318 e. The number of allylic oxidation sites excluding steroid dienone is 1. The van der Waals surface area contributed by atoms with Crippen molar-refractivity contribution in [3.63, 3.8) is 0 Å². The number of aliphatic imine (C=N–C) groups is 1. The third kappa shape index (κ3) is 2.38. The Balaban J connectivity index is 2.99. The molecule has 2 atom stereocenters. The molecule has 0 fully saturated rings. The van der Waals surface area contributed by atoms with E-state index in [1.807, 2.05) is 0 Å². The highest BCUT2D eigenvalue weighted by Gasteiger charge is 2.25. The first kappa shape index (κ1) is 11.8. The second-order valence-electron chi connectivity index (χ2n) is 2.57. The third-order valence-electron chi connectivity index (χ3n) is 1.59. The number of terminal acetylenes is 1. The quantitative estimate of drug-likeness (QED) is 0.571. The van der Waals surface area contributed by atoms with Crippen LogP contribution in [0.2, 0.25) is 0 Å². The summed E-state index contributed by atoms with van der Waals surface area (Å²) >= 11 is 9.22. The van der Waals surface area contributed by atoms with Gasteiger partial charge in [-0.1, -0.05) is 17.5 Å². The van der Waals surface area contributed by atoms with E-state index < -0.39 is 16.3 Å². The fourth-order valence-corrected chi connectivity index (χ4v) is 2.38. The van der Waals surface area contributed by atoms with Crippen LogP contribution in [-0.4, -0.2) is 33.6 Å². The molecular formula is C8H8BrClN2OS. The van der Waals surface area contributed by atoms with Crippen LogP contribution in [0.4, 0.5) is 0 Å². The molecule has 6 heteroatoms. The number of nitrogens with zero attached hydrogens (tertiary/aromatic N) is 2. The summed E-state index contributed by atoms with van der Waals surface area (Å²) in [5.41, 5.74) is -0.486. The van der Waals surface area contributed by atoms with Crippen LogP contribution < -0.4 is 0 Å². The van der Waals surface area contributed by atoms with Crippen LogP contribution in [0.25, 0.3) is 0 Å². The molecule has 0 spiro atoms. The molecule has 2 unspecified atom stereocenters. The van der Waals surface area contributed by atoms with Gasteiger partial charge in [0.2, 0.25) is 0 Å². The van der Waals surface area contributed by atoms with Crippen molar-refractivity contribution < 1.29 is 4.21 Å². The molecule has 0 saturated carbocycles. The van der Waals surface area contributed by atoms with E-state index in [1.165, 1.54) is 0 Å². The Labute approximate surface area is 98.8 Å². The van der Waals surface area contributed by atoms with E-state index in [2.05, 4.69) is 26.8 Å². The average molecular weight is 296 g/mol. The maximum absolute atomic E-state index is 11.3. The second kappa shape index (κ2) is 4.96. The minimum atomic E-state index is -1.13. The van der Waals surface area contributed by atoms with Crippen LogP contribution in [0, 0.1) is 12.3 Å². The fourth-order valence-electron chi connectivity index (χ4n) is 1.01. The first-order valence-corrected chi connectivity index (χ1v) is 6.48. The molecule has 0 aromatic rings. The molecule has 0 radical (unpaired) electrons. The monoisotopic (exact) mass is 294 g/mol. The van der Waals surface area contributed by atoms with Crippen molar-refractivity contribution in [2.45, 2.75) is 5.50 Å². The summed E-state index contributed by atoms with van der Waals surface area (Å²) in [6.07, 6.45) is 8.30. The Morgan fingerprint density at radius 2 is 2.57 bits per heavy atom. The van der Waals surface area contributed by atoms with Crippen molar-refractivity contribution in [2.24, 2.45) is 4.99 Å². The minimum absolute atomic E-state index is 0.287. The van der Waals surface area contributed by atoms with E-state index in [1.54, 1.807) is 17.4 Å². The van der Waals surface area contributed by atoms with Crippen LogP contribution in [-0.2, 0) is 10.8 Å². The maximum Gasteiger partial charge on any atom is 0.198 e. The van der Waals surface area contributed by atoms with Gasteiger partial charge in [-0.2, -0.15) is 0 Å². The predicted octanol–water partition coefficient (Wildman–Crippen LogP) is 1.47. The summed E-state index contributed by atoms with van der Waals surface area (Å²) in [6, 6.07) is 0. The molecule has 1 aliphatic heterocycles. The van der Waals surface area contributed by atoms with Gasteiger partial charge in [0.15, 0.2) is 5.50 Å². The first-order valence-electron chi connectivity index (χ1n) is 3.68. The van der Waals surface area contributed by atoms with Gasteiger partial charge in [0, 0.05) is 12.5 Å². The molecule has 1 aliphatic rings. The molecule has 1 rings (SSSR count). The topological polar surface area (TPSA) is 32.7 Å². The number of halogens is 2. The van der Waals surface area contributed by atoms with Crippen molar-refractivity contribution in [1.29, 1.82) is 0 Å². The molecule has 76 valence electrons. The van der Waals surface area contributed by atoms with E-state index in [0.717, 1.165) is 0 Å². The molecule has 0 amide bonds.